The van der Waals surface area contributed by atoms with Gasteiger partial charge in [-0.15, -0.1) is 0 Å². The summed E-state index contributed by atoms with van der Waals surface area (Å²) in [4.78, 5) is 2.41. The van der Waals surface area contributed by atoms with E-state index in [1.54, 1.807) is 0 Å². The van der Waals surface area contributed by atoms with Crippen molar-refractivity contribution in [2.75, 3.05) is 4.90 Å². The molecule has 1 aliphatic carbocycles. The van der Waals surface area contributed by atoms with Gasteiger partial charge in [0.05, 0.1) is 51.6 Å². The molecule has 50 heavy (non-hydrogen) atoms. The van der Waals surface area contributed by atoms with Gasteiger partial charge in [-0.1, -0.05) is 85.0 Å². The molecular formula is C45H27N5. The summed E-state index contributed by atoms with van der Waals surface area (Å²) in [5.74, 6) is 0.284. The number of nitriles is 3. The summed E-state index contributed by atoms with van der Waals surface area (Å²) in [6.45, 7) is 0. The number of anilines is 2. The summed E-state index contributed by atoms with van der Waals surface area (Å²) in [7, 11) is 0. The molecule has 2 heterocycles. The van der Waals surface area contributed by atoms with Gasteiger partial charge >= 0.3 is 0 Å². The predicted molar refractivity (Wildman–Crippen MR) is 199 cm³/mol. The molecule has 7 aromatic rings. The van der Waals surface area contributed by atoms with Crippen molar-refractivity contribution in [3.8, 4) is 46.1 Å². The first kappa shape index (κ1) is 29.0. The van der Waals surface area contributed by atoms with E-state index in [9.17, 15) is 15.8 Å². The lowest BCUT2D eigenvalue weighted by Crippen LogP contribution is -2.28. The van der Waals surface area contributed by atoms with Crippen LogP contribution in [0.5, 0.6) is 0 Å². The third kappa shape index (κ3) is 4.45. The molecule has 5 nitrogen and oxygen atoms in total. The van der Waals surface area contributed by atoms with Gasteiger partial charge in [0.2, 0.25) is 0 Å². The fraction of sp³-hybridized carbons (Fsp3) is 0.0444. The minimum Gasteiger partial charge on any atom is -0.333 e. The largest absolute Gasteiger partial charge is 0.333 e. The number of hydrogen-bond donors (Lipinski definition) is 0. The normalized spacial score (nSPS) is 15.7. The van der Waals surface area contributed by atoms with Crippen LogP contribution in [-0.4, -0.2) is 10.6 Å². The molecule has 5 heteroatoms. The van der Waals surface area contributed by atoms with Crippen LogP contribution in [0.2, 0.25) is 0 Å². The van der Waals surface area contributed by atoms with Gasteiger partial charge in [0.25, 0.3) is 0 Å². The molecule has 0 fully saturated rings. The summed E-state index contributed by atoms with van der Waals surface area (Å²) in [6, 6.07) is 49.8. The molecule has 9 rings (SSSR count). The van der Waals surface area contributed by atoms with Crippen molar-refractivity contribution in [3.63, 3.8) is 0 Å². The third-order valence-electron chi connectivity index (χ3n) is 9.97. The summed E-state index contributed by atoms with van der Waals surface area (Å²) in [5.41, 5.74) is 11.4. The standard InChI is InChI=1S/C45H27N5/c46-26-29-19-20-44-40(23-29)39-14-3-6-18-43(39)50(44)45-32(28-48)10-8-15-36(45)34-22-30(27-47)21-33(24-34)31-9-7-11-35(25-31)49-41-16-4-1-12-37(41)38-13-2-5-17-42(38)49/h1-25,37,41H/t37-,41?/m1/s1. The van der Waals surface area contributed by atoms with Crippen LogP contribution < -0.4 is 4.90 Å². The van der Waals surface area contributed by atoms with E-state index in [2.05, 4.69) is 107 Å². The average Bonchev–Trinajstić information content (AvgIpc) is 3.70. The smallest absolute Gasteiger partial charge is 0.101 e. The van der Waals surface area contributed by atoms with E-state index >= 15 is 0 Å². The SMILES string of the molecule is N#Cc1cc(-c2cccc(N3c4ccccc4[C@H]4C=CC=CC43)c2)cc(-c2cccc(C#N)c2-n2c3ccccc3c3cc(C#N)ccc32)c1. The molecule has 0 saturated heterocycles. The Morgan fingerprint density at radius 1 is 0.540 bits per heavy atom. The zero-order valence-corrected chi connectivity index (χ0v) is 26.8. The Balaban J connectivity index is 1.23. The topological polar surface area (TPSA) is 79.5 Å². The second-order valence-electron chi connectivity index (χ2n) is 12.7. The molecule has 2 aliphatic rings. The second kappa shape index (κ2) is 11.5. The van der Waals surface area contributed by atoms with Crippen LogP contribution in [0.25, 0.3) is 49.7 Å². The van der Waals surface area contributed by atoms with Crippen LogP contribution in [0, 0.1) is 34.0 Å². The number of nitrogens with zero attached hydrogens (tertiary/aromatic N) is 5. The summed E-state index contributed by atoms with van der Waals surface area (Å²) in [6.07, 6.45) is 8.80. The number of aromatic nitrogens is 1. The lowest BCUT2D eigenvalue weighted by atomic mass is 9.91. The molecule has 0 bridgehead atoms. The van der Waals surface area contributed by atoms with Crippen LogP contribution in [-0.2, 0) is 0 Å². The number of fused-ring (bicyclic) bond motifs is 6. The first-order valence-corrected chi connectivity index (χ1v) is 16.5. The van der Waals surface area contributed by atoms with E-state index in [0.717, 1.165) is 55.4 Å². The summed E-state index contributed by atoms with van der Waals surface area (Å²) < 4.78 is 2.12. The minimum atomic E-state index is 0.181. The average molecular weight is 638 g/mol. The van der Waals surface area contributed by atoms with Gasteiger partial charge in [0.1, 0.15) is 6.07 Å². The molecule has 0 saturated carbocycles. The molecule has 1 aromatic heterocycles. The number of benzene rings is 6. The number of allylic oxidation sites excluding steroid dienone is 2. The maximum Gasteiger partial charge on any atom is 0.101 e. The van der Waals surface area contributed by atoms with Gasteiger partial charge in [0, 0.05) is 33.6 Å². The van der Waals surface area contributed by atoms with Gasteiger partial charge in [-0.2, -0.15) is 15.8 Å². The van der Waals surface area contributed by atoms with Gasteiger partial charge in [0.15, 0.2) is 0 Å². The second-order valence-corrected chi connectivity index (χ2v) is 12.7. The quantitative estimate of drug-likeness (QED) is 0.192. The Morgan fingerprint density at radius 2 is 1.32 bits per heavy atom. The van der Waals surface area contributed by atoms with E-state index in [-0.39, 0.29) is 12.0 Å². The van der Waals surface area contributed by atoms with Crippen molar-refractivity contribution < 1.29 is 0 Å². The zero-order chi connectivity index (χ0) is 33.8. The Bertz CT molecular complexity index is 2720. The Hall–Kier alpha value is -7.13. The molecular weight excluding hydrogens is 611 g/mol. The van der Waals surface area contributed by atoms with Crippen molar-refractivity contribution in [1.29, 1.82) is 15.8 Å². The molecule has 1 unspecified atom stereocenters. The van der Waals surface area contributed by atoms with E-state index in [0.29, 0.717) is 16.7 Å². The van der Waals surface area contributed by atoms with Crippen molar-refractivity contribution in [3.05, 3.63) is 174 Å². The highest BCUT2D eigenvalue weighted by molar-refractivity contribution is 6.10. The third-order valence-corrected chi connectivity index (χ3v) is 9.97. The molecule has 0 spiro atoms. The first-order chi connectivity index (χ1) is 24.7. The molecule has 232 valence electrons. The highest BCUT2D eigenvalue weighted by atomic mass is 15.2. The molecule has 0 radical (unpaired) electrons. The first-order valence-electron chi connectivity index (χ1n) is 16.5. The van der Waals surface area contributed by atoms with Crippen LogP contribution in [0.15, 0.2) is 152 Å². The predicted octanol–water partition coefficient (Wildman–Crippen LogP) is 10.5. The van der Waals surface area contributed by atoms with Crippen LogP contribution >= 0.6 is 0 Å². The van der Waals surface area contributed by atoms with Crippen molar-refractivity contribution >= 4 is 33.2 Å². The fourth-order valence-corrected chi connectivity index (χ4v) is 7.83. The maximum absolute atomic E-state index is 10.5. The van der Waals surface area contributed by atoms with Crippen LogP contribution in [0.4, 0.5) is 11.4 Å². The number of para-hydroxylation sites is 3. The number of hydrogen-bond acceptors (Lipinski definition) is 4. The summed E-state index contributed by atoms with van der Waals surface area (Å²) in [5, 5.41) is 32.4. The summed E-state index contributed by atoms with van der Waals surface area (Å²) >= 11 is 0. The van der Waals surface area contributed by atoms with E-state index in [1.807, 2.05) is 72.8 Å². The van der Waals surface area contributed by atoms with E-state index in [4.69, 9.17) is 0 Å². The Morgan fingerprint density at radius 3 is 2.20 bits per heavy atom. The van der Waals surface area contributed by atoms with E-state index < -0.39 is 0 Å². The minimum absolute atomic E-state index is 0.181. The Labute approximate surface area is 289 Å². The van der Waals surface area contributed by atoms with Gasteiger partial charge in [-0.05, 0) is 89.0 Å². The molecule has 6 aromatic carbocycles. The lowest BCUT2D eigenvalue weighted by molar-refractivity contribution is 0.745. The maximum atomic E-state index is 10.5. The van der Waals surface area contributed by atoms with Crippen LogP contribution in [0.1, 0.15) is 28.2 Å². The molecule has 0 N–H and O–H groups in total. The Kier molecular flexibility index (Phi) is 6.70. The van der Waals surface area contributed by atoms with Gasteiger partial charge in [-0.3, -0.25) is 0 Å². The van der Waals surface area contributed by atoms with Crippen LogP contribution in [0.3, 0.4) is 0 Å². The molecule has 0 amide bonds. The monoisotopic (exact) mass is 637 g/mol. The fourth-order valence-electron chi connectivity index (χ4n) is 7.83. The molecule has 2 atom stereocenters. The van der Waals surface area contributed by atoms with Gasteiger partial charge in [-0.25, -0.2) is 0 Å². The van der Waals surface area contributed by atoms with Crippen molar-refractivity contribution in [1.82, 2.24) is 4.57 Å². The zero-order valence-electron chi connectivity index (χ0n) is 26.8. The van der Waals surface area contributed by atoms with E-state index in [1.165, 1.54) is 11.3 Å². The lowest BCUT2D eigenvalue weighted by Gasteiger charge is -2.29. The highest BCUT2D eigenvalue weighted by Crippen LogP contribution is 2.48. The number of rotatable bonds is 4. The highest BCUT2D eigenvalue weighted by Gasteiger charge is 2.37. The molecule has 1 aliphatic heterocycles. The van der Waals surface area contributed by atoms with Gasteiger partial charge < -0.3 is 9.47 Å². The van der Waals surface area contributed by atoms with Crippen molar-refractivity contribution in [2.24, 2.45) is 0 Å². The van der Waals surface area contributed by atoms with Crippen molar-refractivity contribution in [2.45, 2.75) is 12.0 Å².